The second kappa shape index (κ2) is 11.2. The number of rotatable bonds is 7. The monoisotopic (exact) mass is 616 g/mol. The van der Waals surface area contributed by atoms with Crippen LogP contribution in [0, 0.1) is 0 Å². The number of hydrogen-bond donors (Lipinski definition) is 2. The van der Waals surface area contributed by atoms with Crippen LogP contribution in [-0.2, 0) is 15.7 Å². The number of hydrogen-bond acceptors (Lipinski definition) is 9. The Labute approximate surface area is 239 Å². The van der Waals surface area contributed by atoms with E-state index in [9.17, 15) is 23.4 Å². The average Bonchev–Trinajstić information content (AvgIpc) is 3.67. The first kappa shape index (κ1) is 28.7. The molecule has 0 amide bonds. The molecule has 5 rings (SSSR count). The fourth-order valence-corrected chi connectivity index (χ4v) is 5.68. The van der Waals surface area contributed by atoms with E-state index in [-0.39, 0.29) is 27.3 Å². The van der Waals surface area contributed by atoms with Gasteiger partial charge in [0.2, 0.25) is 0 Å². The predicted octanol–water partition coefficient (Wildman–Crippen LogP) is 4.61. The predicted molar refractivity (Wildman–Crippen MR) is 140 cm³/mol. The van der Waals surface area contributed by atoms with Crippen LogP contribution in [0.4, 0.5) is 13.2 Å². The van der Waals surface area contributed by atoms with E-state index in [0.717, 1.165) is 22.9 Å². The van der Waals surface area contributed by atoms with Gasteiger partial charge < -0.3 is 19.7 Å². The molecule has 1 fully saturated rings. The molecule has 5 atom stereocenters. The zero-order chi connectivity index (χ0) is 28.8. The van der Waals surface area contributed by atoms with E-state index < -0.39 is 48.8 Å². The number of halogens is 5. The van der Waals surface area contributed by atoms with Gasteiger partial charge >= 0.3 is 6.18 Å². The molecule has 1 aromatic carbocycles. The van der Waals surface area contributed by atoms with Crippen molar-refractivity contribution in [3.63, 3.8) is 0 Å². The van der Waals surface area contributed by atoms with Gasteiger partial charge in [-0.1, -0.05) is 35.0 Å². The van der Waals surface area contributed by atoms with Crippen molar-refractivity contribution in [1.82, 2.24) is 29.8 Å². The van der Waals surface area contributed by atoms with E-state index >= 15 is 0 Å². The van der Waals surface area contributed by atoms with Crippen molar-refractivity contribution >= 4 is 40.6 Å². The smallest absolute Gasteiger partial charge is 0.394 e. The van der Waals surface area contributed by atoms with Gasteiger partial charge in [0.05, 0.1) is 35.4 Å². The second-order valence-electron chi connectivity index (χ2n) is 8.79. The number of methoxy groups -OCH3 is 1. The lowest BCUT2D eigenvalue weighted by atomic mass is 9.90. The third kappa shape index (κ3) is 5.28. The minimum absolute atomic E-state index is 0.0522. The molecule has 0 radical (unpaired) electrons. The lowest BCUT2D eigenvalue weighted by molar-refractivity contribution is -0.216. The van der Waals surface area contributed by atoms with Crippen LogP contribution in [0.3, 0.4) is 0 Å². The quantitative estimate of drug-likeness (QED) is 0.309. The Balaban J connectivity index is 1.64. The highest BCUT2D eigenvalue weighted by Crippen LogP contribution is 2.43. The van der Waals surface area contributed by atoms with Crippen molar-refractivity contribution in [1.29, 1.82) is 0 Å². The van der Waals surface area contributed by atoms with Gasteiger partial charge in [-0.3, -0.25) is 0 Å². The van der Waals surface area contributed by atoms with E-state index in [4.69, 9.17) is 32.7 Å². The lowest BCUT2D eigenvalue weighted by Crippen LogP contribution is -2.53. The summed E-state index contributed by atoms with van der Waals surface area (Å²) < 4.78 is 56.2. The van der Waals surface area contributed by atoms with Crippen molar-refractivity contribution in [3.8, 4) is 16.4 Å². The molecular weight excluding hydrogens is 596 g/mol. The Hall–Kier alpha value is -2.85. The number of aliphatic hydroxyl groups is 2. The highest BCUT2D eigenvalue weighted by molar-refractivity contribution is 7.13. The molecule has 10 nitrogen and oxygen atoms in total. The van der Waals surface area contributed by atoms with Crippen LogP contribution in [0.5, 0.6) is 0 Å². The first-order chi connectivity index (χ1) is 19.0. The molecule has 1 aliphatic heterocycles. The fourth-order valence-electron chi connectivity index (χ4n) is 4.62. The van der Waals surface area contributed by atoms with E-state index in [1.807, 2.05) is 0 Å². The summed E-state index contributed by atoms with van der Waals surface area (Å²) in [6.07, 6.45) is -6.52. The Bertz CT molecular complexity index is 1530. The average molecular weight is 617 g/mol. The van der Waals surface area contributed by atoms with Gasteiger partial charge in [0.1, 0.15) is 46.3 Å². The SMILES string of the molecule is C=Cc1cc([C@@H]2O[C@H](CO)[C@H](O)[C@H](n3cc(-c4nc(Cl)cs4)nn3)[C@H]2OC)n(-c2cc(Cl)ccc2C(F)(F)F)n1. The standard InChI is InChI=1S/C24H21Cl2F3N6O4S/c1-3-12-7-16(35(32-12)15-6-11(25)4-5-13(15)24(27,28)29)21-22(38-2)19(20(37)17(9-36)39-21)34-8-14(31-33-34)23-30-18(26)10-40-23/h3-8,10,17,19-22,36-37H,1,9H2,2H3/t17-,19+,20+,21+,22-/m1/s1. The van der Waals surface area contributed by atoms with Gasteiger partial charge in [-0.2, -0.15) is 18.3 Å². The molecule has 0 spiro atoms. The fraction of sp³-hybridized carbons (Fsp3) is 0.333. The number of thiazole rings is 1. The first-order valence-electron chi connectivity index (χ1n) is 11.7. The number of nitrogens with zero attached hydrogens (tertiary/aromatic N) is 6. The van der Waals surface area contributed by atoms with Crippen molar-refractivity contribution in [2.24, 2.45) is 0 Å². The van der Waals surface area contributed by atoms with Crippen LogP contribution in [0.15, 0.2) is 42.4 Å². The van der Waals surface area contributed by atoms with E-state index in [1.165, 1.54) is 41.5 Å². The first-order valence-corrected chi connectivity index (χ1v) is 13.3. The Morgan fingerprint density at radius 2 is 2.05 bits per heavy atom. The summed E-state index contributed by atoms with van der Waals surface area (Å²) in [6.45, 7) is 3.07. The minimum Gasteiger partial charge on any atom is -0.394 e. The van der Waals surface area contributed by atoms with Crippen molar-refractivity contribution < 1.29 is 32.9 Å². The van der Waals surface area contributed by atoms with Crippen LogP contribution in [0.1, 0.15) is 29.1 Å². The normalized spacial score (nSPS) is 23.4. The Kier molecular flexibility index (Phi) is 8.03. The van der Waals surface area contributed by atoms with Crippen LogP contribution < -0.4 is 0 Å². The molecule has 0 aliphatic carbocycles. The Morgan fingerprint density at radius 1 is 1.27 bits per heavy atom. The zero-order valence-electron chi connectivity index (χ0n) is 20.5. The maximum Gasteiger partial charge on any atom is 0.418 e. The number of ether oxygens (including phenoxy) is 2. The molecule has 1 saturated heterocycles. The molecule has 0 saturated carbocycles. The molecule has 2 N–H and O–H groups in total. The minimum atomic E-state index is -4.73. The van der Waals surface area contributed by atoms with Gasteiger partial charge in [0.25, 0.3) is 0 Å². The second-order valence-corrected chi connectivity index (χ2v) is 10.5. The largest absolute Gasteiger partial charge is 0.418 e. The van der Waals surface area contributed by atoms with Gasteiger partial charge in [-0.15, -0.1) is 16.4 Å². The van der Waals surface area contributed by atoms with Crippen LogP contribution in [-0.4, -0.2) is 72.0 Å². The molecule has 212 valence electrons. The molecule has 3 aromatic heterocycles. The third-order valence-electron chi connectivity index (χ3n) is 6.40. The summed E-state index contributed by atoms with van der Waals surface area (Å²) in [4.78, 5) is 4.17. The maximum atomic E-state index is 14.0. The third-order valence-corrected chi connectivity index (χ3v) is 7.82. The van der Waals surface area contributed by atoms with Gasteiger partial charge in [-0.05, 0) is 30.3 Å². The van der Waals surface area contributed by atoms with E-state index in [2.05, 4.69) is 27.0 Å². The van der Waals surface area contributed by atoms with Crippen LogP contribution >= 0.6 is 34.5 Å². The molecule has 4 heterocycles. The number of benzene rings is 1. The highest BCUT2D eigenvalue weighted by atomic mass is 35.5. The summed E-state index contributed by atoms with van der Waals surface area (Å²) in [6, 6.07) is 3.62. The summed E-state index contributed by atoms with van der Waals surface area (Å²) in [5, 5.41) is 36.2. The van der Waals surface area contributed by atoms with E-state index in [0.29, 0.717) is 10.7 Å². The summed E-state index contributed by atoms with van der Waals surface area (Å²) >= 11 is 13.3. The molecule has 40 heavy (non-hydrogen) atoms. The summed E-state index contributed by atoms with van der Waals surface area (Å²) in [5.41, 5.74) is -0.589. The molecule has 0 bridgehead atoms. The van der Waals surface area contributed by atoms with E-state index in [1.54, 1.807) is 5.38 Å². The maximum absolute atomic E-state index is 14.0. The van der Waals surface area contributed by atoms with Gasteiger partial charge in [-0.25, -0.2) is 14.3 Å². The van der Waals surface area contributed by atoms with Gasteiger partial charge in [0.15, 0.2) is 0 Å². The molecule has 16 heteroatoms. The molecule has 0 unspecified atom stereocenters. The summed E-state index contributed by atoms with van der Waals surface area (Å²) in [7, 11) is 1.36. The number of aromatic nitrogens is 6. The molecule has 4 aromatic rings. The highest BCUT2D eigenvalue weighted by Gasteiger charge is 2.49. The summed E-state index contributed by atoms with van der Waals surface area (Å²) in [5.74, 6) is 0. The zero-order valence-corrected chi connectivity index (χ0v) is 22.9. The Morgan fingerprint density at radius 3 is 2.67 bits per heavy atom. The van der Waals surface area contributed by atoms with Crippen molar-refractivity contribution in [3.05, 3.63) is 69.5 Å². The van der Waals surface area contributed by atoms with Crippen LogP contribution in [0.25, 0.3) is 22.5 Å². The lowest BCUT2D eigenvalue weighted by Gasteiger charge is -2.43. The molecule has 1 aliphatic rings. The van der Waals surface area contributed by atoms with Gasteiger partial charge in [0, 0.05) is 17.5 Å². The van der Waals surface area contributed by atoms with Crippen molar-refractivity contribution in [2.45, 2.75) is 36.6 Å². The molecular formula is C24H21Cl2F3N6O4S. The number of aliphatic hydroxyl groups excluding tert-OH is 2. The van der Waals surface area contributed by atoms with Crippen LogP contribution in [0.2, 0.25) is 10.2 Å². The number of alkyl halides is 3. The van der Waals surface area contributed by atoms with Crippen molar-refractivity contribution in [2.75, 3.05) is 13.7 Å². The topological polar surface area (TPSA) is 120 Å².